The van der Waals surface area contributed by atoms with E-state index in [9.17, 15) is 0 Å². The summed E-state index contributed by atoms with van der Waals surface area (Å²) in [6.07, 6.45) is 0.984. The lowest BCUT2D eigenvalue weighted by Crippen LogP contribution is -2.27. The number of methoxy groups -OCH3 is 1. The van der Waals surface area contributed by atoms with Gasteiger partial charge in [-0.15, -0.1) is 0 Å². The van der Waals surface area contributed by atoms with Crippen molar-refractivity contribution < 1.29 is 4.74 Å². The Hall–Kier alpha value is -1.88. The maximum atomic E-state index is 5.94. The minimum atomic E-state index is 0.211. The Bertz CT molecular complexity index is 572. The molecule has 1 fully saturated rings. The van der Waals surface area contributed by atoms with E-state index in [1.807, 2.05) is 24.3 Å². The molecule has 1 aromatic carbocycles. The molecule has 0 unspecified atom stereocenters. The van der Waals surface area contributed by atoms with Crippen LogP contribution in [0.3, 0.4) is 0 Å². The predicted molar refractivity (Wildman–Crippen MR) is 70.9 cm³/mol. The van der Waals surface area contributed by atoms with E-state index >= 15 is 0 Å². The largest absolute Gasteiger partial charge is 0.478 e. The van der Waals surface area contributed by atoms with Crippen molar-refractivity contribution in [2.75, 3.05) is 25.1 Å². The van der Waals surface area contributed by atoms with Crippen molar-refractivity contribution in [1.82, 2.24) is 9.97 Å². The summed E-state index contributed by atoms with van der Waals surface area (Å²) in [6, 6.07) is 8.01. The van der Waals surface area contributed by atoms with Crippen molar-refractivity contribution in [3.05, 3.63) is 24.3 Å². The Morgan fingerprint density at radius 2 is 2.00 bits per heavy atom. The molecule has 0 saturated carbocycles. The van der Waals surface area contributed by atoms with E-state index in [1.165, 1.54) is 0 Å². The molecule has 5 heteroatoms. The monoisotopic (exact) mass is 244 g/mol. The number of para-hydroxylation sites is 2. The first-order chi connectivity index (χ1) is 8.78. The number of ether oxygens (including phenoxy) is 1. The van der Waals surface area contributed by atoms with Crippen LogP contribution in [0.2, 0.25) is 0 Å². The molecule has 1 atom stereocenters. The third-order valence-electron chi connectivity index (χ3n) is 3.24. The maximum Gasteiger partial charge on any atom is 0.257 e. The second-order valence-corrected chi connectivity index (χ2v) is 4.54. The molecule has 3 rings (SSSR count). The van der Waals surface area contributed by atoms with Crippen LogP contribution in [0, 0.1) is 0 Å². The summed E-state index contributed by atoms with van der Waals surface area (Å²) in [7, 11) is 1.62. The Morgan fingerprint density at radius 1 is 1.28 bits per heavy atom. The first-order valence-electron chi connectivity index (χ1n) is 6.09. The van der Waals surface area contributed by atoms with Gasteiger partial charge in [-0.2, -0.15) is 0 Å². The Labute approximate surface area is 106 Å². The van der Waals surface area contributed by atoms with Crippen LogP contribution < -0.4 is 15.4 Å². The standard InChI is InChI=1S/C13H16N4O/c1-18-13-12(17-7-6-9(14)8-17)15-10-4-2-3-5-11(10)16-13/h2-5,9H,6-8,14H2,1H3/t9-/m1/s1. The molecule has 1 aliphatic heterocycles. The molecule has 18 heavy (non-hydrogen) atoms. The molecule has 94 valence electrons. The molecule has 2 heterocycles. The van der Waals surface area contributed by atoms with Gasteiger partial charge < -0.3 is 15.4 Å². The Balaban J connectivity index is 2.09. The minimum absolute atomic E-state index is 0.211. The van der Waals surface area contributed by atoms with Gasteiger partial charge in [0.1, 0.15) is 0 Å². The van der Waals surface area contributed by atoms with E-state index in [-0.39, 0.29) is 6.04 Å². The molecule has 5 nitrogen and oxygen atoms in total. The molecule has 0 aliphatic carbocycles. The van der Waals surface area contributed by atoms with Gasteiger partial charge in [0, 0.05) is 19.1 Å². The smallest absolute Gasteiger partial charge is 0.257 e. The number of fused-ring (bicyclic) bond motifs is 1. The fraction of sp³-hybridized carbons (Fsp3) is 0.385. The van der Waals surface area contributed by atoms with Gasteiger partial charge in [-0.05, 0) is 18.6 Å². The van der Waals surface area contributed by atoms with E-state index in [0.717, 1.165) is 36.4 Å². The quantitative estimate of drug-likeness (QED) is 0.859. The highest BCUT2D eigenvalue weighted by Gasteiger charge is 2.24. The molecule has 2 aromatic rings. The number of anilines is 1. The SMILES string of the molecule is COc1nc2ccccc2nc1N1CC[C@@H](N)C1. The van der Waals surface area contributed by atoms with Gasteiger partial charge in [0.2, 0.25) is 0 Å². The lowest BCUT2D eigenvalue weighted by molar-refractivity contribution is 0.398. The van der Waals surface area contributed by atoms with Crippen molar-refractivity contribution in [2.45, 2.75) is 12.5 Å². The van der Waals surface area contributed by atoms with Gasteiger partial charge >= 0.3 is 0 Å². The fourth-order valence-electron chi connectivity index (χ4n) is 2.30. The number of hydrogen-bond donors (Lipinski definition) is 1. The molecular weight excluding hydrogens is 228 g/mol. The zero-order valence-corrected chi connectivity index (χ0v) is 10.3. The van der Waals surface area contributed by atoms with Gasteiger partial charge in [-0.3, -0.25) is 0 Å². The molecule has 1 aliphatic rings. The van der Waals surface area contributed by atoms with E-state index in [1.54, 1.807) is 7.11 Å². The molecule has 0 bridgehead atoms. The van der Waals surface area contributed by atoms with E-state index in [0.29, 0.717) is 5.88 Å². The second kappa shape index (κ2) is 4.42. The highest BCUT2D eigenvalue weighted by Crippen LogP contribution is 2.28. The van der Waals surface area contributed by atoms with Crippen molar-refractivity contribution >= 4 is 16.9 Å². The number of aromatic nitrogens is 2. The molecule has 0 amide bonds. The highest BCUT2D eigenvalue weighted by molar-refractivity contribution is 5.77. The summed E-state index contributed by atoms with van der Waals surface area (Å²) in [5.74, 6) is 1.37. The van der Waals surface area contributed by atoms with Crippen LogP contribution in [0.15, 0.2) is 24.3 Å². The molecule has 0 radical (unpaired) electrons. The number of nitrogens with two attached hydrogens (primary N) is 1. The summed E-state index contributed by atoms with van der Waals surface area (Å²) in [4.78, 5) is 11.3. The zero-order chi connectivity index (χ0) is 12.5. The summed E-state index contributed by atoms with van der Waals surface area (Å²) >= 11 is 0. The third-order valence-corrected chi connectivity index (χ3v) is 3.24. The normalized spacial score (nSPS) is 19.4. The predicted octanol–water partition coefficient (Wildman–Crippen LogP) is 1.18. The van der Waals surface area contributed by atoms with Gasteiger partial charge in [-0.25, -0.2) is 9.97 Å². The van der Waals surface area contributed by atoms with E-state index < -0.39 is 0 Å². The molecule has 0 spiro atoms. The number of hydrogen-bond acceptors (Lipinski definition) is 5. The first kappa shape index (κ1) is 11.2. The van der Waals surface area contributed by atoms with Crippen molar-refractivity contribution in [1.29, 1.82) is 0 Å². The highest BCUT2D eigenvalue weighted by atomic mass is 16.5. The van der Waals surface area contributed by atoms with Crippen molar-refractivity contribution in [3.8, 4) is 5.88 Å². The lowest BCUT2D eigenvalue weighted by Gasteiger charge is -2.19. The number of nitrogens with zero attached hydrogens (tertiary/aromatic N) is 3. The van der Waals surface area contributed by atoms with Gasteiger partial charge in [0.15, 0.2) is 5.82 Å². The van der Waals surface area contributed by atoms with Crippen LogP contribution in [0.5, 0.6) is 5.88 Å². The topological polar surface area (TPSA) is 64.3 Å². The summed E-state index contributed by atoms with van der Waals surface area (Å²) in [5.41, 5.74) is 7.67. The van der Waals surface area contributed by atoms with Gasteiger partial charge in [0.05, 0.1) is 18.1 Å². The minimum Gasteiger partial charge on any atom is -0.478 e. The van der Waals surface area contributed by atoms with E-state index in [2.05, 4.69) is 14.9 Å². The Morgan fingerprint density at radius 3 is 2.61 bits per heavy atom. The fourth-order valence-corrected chi connectivity index (χ4v) is 2.30. The second-order valence-electron chi connectivity index (χ2n) is 4.54. The van der Waals surface area contributed by atoms with Gasteiger partial charge in [-0.1, -0.05) is 12.1 Å². The average molecular weight is 244 g/mol. The summed E-state index contributed by atoms with van der Waals surface area (Å²) < 4.78 is 5.34. The zero-order valence-electron chi connectivity index (χ0n) is 10.3. The molecule has 1 saturated heterocycles. The lowest BCUT2D eigenvalue weighted by atomic mass is 10.3. The van der Waals surface area contributed by atoms with Crippen LogP contribution in [-0.4, -0.2) is 36.2 Å². The number of benzene rings is 1. The average Bonchev–Trinajstić information content (AvgIpc) is 2.83. The van der Waals surface area contributed by atoms with Crippen LogP contribution in [0.4, 0.5) is 5.82 Å². The summed E-state index contributed by atoms with van der Waals surface area (Å²) in [6.45, 7) is 1.72. The van der Waals surface area contributed by atoms with Crippen molar-refractivity contribution in [2.24, 2.45) is 5.73 Å². The van der Waals surface area contributed by atoms with Crippen LogP contribution in [-0.2, 0) is 0 Å². The van der Waals surface area contributed by atoms with Crippen LogP contribution in [0.25, 0.3) is 11.0 Å². The molecular formula is C13H16N4O. The molecule has 2 N–H and O–H groups in total. The third kappa shape index (κ3) is 1.86. The molecule has 1 aromatic heterocycles. The van der Waals surface area contributed by atoms with Gasteiger partial charge in [0.25, 0.3) is 5.88 Å². The van der Waals surface area contributed by atoms with Crippen molar-refractivity contribution in [3.63, 3.8) is 0 Å². The summed E-state index contributed by atoms with van der Waals surface area (Å²) in [5, 5.41) is 0. The number of rotatable bonds is 2. The van der Waals surface area contributed by atoms with Crippen LogP contribution >= 0.6 is 0 Å². The first-order valence-corrected chi connectivity index (χ1v) is 6.09. The van der Waals surface area contributed by atoms with E-state index in [4.69, 9.17) is 10.5 Å². The van der Waals surface area contributed by atoms with Crippen LogP contribution in [0.1, 0.15) is 6.42 Å². The Kier molecular flexibility index (Phi) is 2.76. The maximum absolute atomic E-state index is 5.94.